The molecular weight excluding hydrogens is 353 g/mol. The standard InChI is InChI=1S/C17H15Cl2NO4/c18-12-6-7-15(13(19)9-12)24-10-16(21)20-14(17(22)23)8-11-4-2-1-3-5-11/h1-7,9,14H,8,10H2,(H,20,21)(H,22,23)/p-1/t14-/m0/s1. The molecule has 0 heterocycles. The molecule has 0 aliphatic carbocycles. The van der Waals surface area contributed by atoms with Crippen molar-refractivity contribution in [3.63, 3.8) is 0 Å². The highest BCUT2D eigenvalue weighted by atomic mass is 35.5. The van der Waals surface area contributed by atoms with Gasteiger partial charge in [0.05, 0.1) is 17.0 Å². The molecule has 7 heteroatoms. The molecule has 1 N–H and O–H groups in total. The van der Waals surface area contributed by atoms with Gasteiger partial charge in [-0.05, 0) is 30.2 Å². The maximum Gasteiger partial charge on any atom is 0.258 e. The minimum Gasteiger partial charge on any atom is -0.548 e. The van der Waals surface area contributed by atoms with Gasteiger partial charge < -0.3 is 20.0 Å². The average molecular weight is 367 g/mol. The van der Waals surface area contributed by atoms with E-state index in [1.54, 1.807) is 30.3 Å². The molecule has 1 amide bonds. The van der Waals surface area contributed by atoms with Crippen molar-refractivity contribution in [2.45, 2.75) is 12.5 Å². The van der Waals surface area contributed by atoms with Crippen LogP contribution in [0.15, 0.2) is 48.5 Å². The van der Waals surface area contributed by atoms with Crippen molar-refractivity contribution in [1.29, 1.82) is 0 Å². The lowest BCUT2D eigenvalue weighted by Gasteiger charge is -2.20. The Morgan fingerprint density at radius 3 is 2.46 bits per heavy atom. The van der Waals surface area contributed by atoms with Crippen LogP contribution in [-0.2, 0) is 16.0 Å². The van der Waals surface area contributed by atoms with Crippen molar-refractivity contribution in [2.75, 3.05) is 6.61 Å². The summed E-state index contributed by atoms with van der Waals surface area (Å²) in [6, 6.07) is 12.4. The molecule has 0 spiro atoms. The predicted molar refractivity (Wildman–Crippen MR) is 89.0 cm³/mol. The summed E-state index contributed by atoms with van der Waals surface area (Å²) >= 11 is 11.7. The fraction of sp³-hybridized carbons (Fsp3) is 0.176. The van der Waals surface area contributed by atoms with Gasteiger partial charge in [-0.2, -0.15) is 0 Å². The lowest BCUT2D eigenvalue weighted by molar-refractivity contribution is -0.308. The summed E-state index contributed by atoms with van der Waals surface area (Å²) in [6.07, 6.45) is 0.122. The number of hydrogen-bond acceptors (Lipinski definition) is 4. The Hall–Kier alpha value is -2.24. The monoisotopic (exact) mass is 366 g/mol. The van der Waals surface area contributed by atoms with Crippen LogP contribution in [0.3, 0.4) is 0 Å². The zero-order valence-electron chi connectivity index (χ0n) is 12.5. The number of carbonyl (C=O) groups excluding carboxylic acids is 2. The van der Waals surface area contributed by atoms with Crippen LogP contribution in [0.1, 0.15) is 5.56 Å². The van der Waals surface area contributed by atoms with Crippen molar-refractivity contribution in [1.82, 2.24) is 5.32 Å². The SMILES string of the molecule is O=C(COc1ccc(Cl)cc1Cl)N[C@@H](Cc1ccccc1)C(=O)[O-]. The van der Waals surface area contributed by atoms with E-state index in [1.807, 2.05) is 6.07 Å². The van der Waals surface area contributed by atoms with Gasteiger partial charge in [0.25, 0.3) is 5.91 Å². The molecule has 2 aromatic carbocycles. The van der Waals surface area contributed by atoms with E-state index < -0.39 is 17.9 Å². The van der Waals surface area contributed by atoms with Gasteiger partial charge in [0.1, 0.15) is 5.75 Å². The van der Waals surface area contributed by atoms with Crippen molar-refractivity contribution in [3.8, 4) is 5.75 Å². The summed E-state index contributed by atoms with van der Waals surface area (Å²) in [4.78, 5) is 23.1. The maximum absolute atomic E-state index is 11.9. The van der Waals surface area contributed by atoms with Gasteiger partial charge in [-0.15, -0.1) is 0 Å². The highest BCUT2D eigenvalue weighted by molar-refractivity contribution is 6.35. The molecule has 0 radical (unpaired) electrons. The predicted octanol–water partition coefficient (Wildman–Crippen LogP) is 1.85. The van der Waals surface area contributed by atoms with Crippen LogP contribution in [-0.4, -0.2) is 24.5 Å². The van der Waals surface area contributed by atoms with E-state index in [9.17, 15) is 14.7 Å². The fourth-order valence-corrected chi connectivity index (χ4v) is 2.48. The zero-order chi connectivity index (χ0) is 17.5. The van der Waals surface area contributed by atoms with Crippen LogP contribution in [0.2, 0.25) is 10.0 Å². The molecule has 0 saturated heterocycles. The summed E-state index contributed by atoms with van der Waals surface area (Å²) < 4.78 is 5.27. The molecule has 0 unspecified atom stereocenters. The van der Waals surface area contributed by atoms with E-state index >= 15 is 0 Å². The van der Waals surface area contributed by atoms with Crippen LogP contribution < -0.4 is 15.2 Å². The summed E-state index contributed by atoms with van der Waals surface area (Å²) in [5.41, 5.74) is 0.772. The minimum absolute atomic E-state index is 0.122. The lowest BCUT2D eigenvalue weighted by atomic mass is 10.1. The summed E-state index contributed by atoms with van der Waals surface area (Å²) in [5.74, 6) is -1.67. The highest BCUT2D eigenvalue weighted by Crippen LogP contribution is 2.27. The van der Waals surface area contributed by atoms with E-state index in [1.165, 1.54) is 12.1 Å². The Morgan fingerprint density at radius 2 is 1.83 bits per heavy atom. The number of amides is 1. The normalized spacial score (nSPS) is 11.6. The number of aliphatic carboxylic acids is 1. The second-order valence-corrected chi connectivity index (χ2v) is 5.84. The molecule has 24 heavy (non-hydrogen) atoms. The van der Waals surface area contributed by atoms with Crippen LogP contribution in [0, 0.1) is 0 Å². The molecule has 1 atom stereocenters. The first-order chi connectivity index (χ1) is 11.5. The van der Waals surface area contributed by atoms with Gasteiger partial charge in [-0.3, -0.25) is 4.79 Å². The summed E-state index contributed by atoms with van der Waals surface area (Å²) in [7, 11) is 0. The quantitative estimate of drug-likeness (QED) is 0.810. The fourth-order valence-electron chi connectivity index (χ4n) is 2.01. The topological polar surface area (TPSA) is 78.5 Å². The number of carboxylic acid groups (broad SMARTS) is 1. The number of hydrogen-bond donors (Lipinski definition) is 1. The van der Waals surface area contributed by atoms with E-state index in [2.05, 4.69) is 5.32 Å². The number of nitrogens with one attached hydrogen (secondary N) is 1. The molecule has 0 fully saturated rings. The molecule has 2 rings (SSSR count). The first kappa shape index (κ1) is 18.1. The van der Waals surface area contributed by atoms with Crippen LogP contribution in [0.4, 0.5) is 0 Å². The Bertz CT molecular complexity index is 722. The molecular formula is C17H14Cl2NO4-. The van der Waals surface area contributed by atoms with E-state index in [4.69, 9.17) is 27.9 Å². The number of ether oxygens (including phenoxy) is 1. The molecule has 0 aliphatic heterocycles. The number of carboxylic acids is 1. The van der Waals surface area contributed by atoms with E-state index in [0.29, 0.717) is 5.02 Å². The number of benzene rings is 2. The zero-order valence-corrected chi connectivity index (χ0v) is 14.0. The van der Waals surface area contributed by atoms with Crippen LogP contribution in [0.5, 0.6) is 5.75 Å². The van der Waals surface area contributed by atoms with Gasteiger partial charge in [0.15, 0.2) is 6.61 Å². The number of halogens is 2. The van der Waals surface area contributed by atoms with E-state index in [-0.39, 0.29) is 23.8 Å². The van der Waals surface area contributed by atoms with Crippen molar-refractivity contribution < 1.29 is 19.4 Å². The summed E-state index contributed by atoms with van der Waals surface area (Å²) in [5, 5.41) is 14.3. The van der Waals surface area contributed by atoms with E-state index in [0.717, 1.165) is 5.56 Å². The third-order valence-corrected chi connectivity index (χ3v) is 3.69. The Kier molecular flexibility index (Phi) is 6.46. The summed E-state index contributed by atoms with van der Waals surface area (Å²) in [6.45, 7) is -0.375. The first-order valence-electron chi connectivity index (χ1n) is 7.07. The molecule has 5 nitrogen and oxygen atoms in total. The number of rotatable bonds is 7. The molecule has 0 aliphatic rings. The first-order valence-corrected chi connectivity index (χ1v) is 7.83. The van der Waals surface area contributed by atoms with Gasteiger partial charge in [-0.25, -0.2) is 0 Å². The van der Waals surface area contributed by atoms with Gasteiger partial charge >= 0.3 is 0 Å². The second kappa shape index (κ2) is 8.57. The maximum atomic E-state index is 11.9. The Morgan fingerprint density at radius 1 is 1.12 bits per heavy atom. The Balaban J connectivity index is 1.92. The van der Waals surface area contributed by atoms with Crippen molar-refractivity contribution in [3.05, 3.63) is 64.1 Å². The van der Waals surface area contributed by atoms with Crippen molar-refractivity contribution >= 4 is 35.1 Å². The van der Waals surface area contributed by atoms with Crippen molar-refractivity contribution in [2.24, 2.45) is 0 Å². The molecule has 2 aromatic rings. The third-order valence-electron chi connectivity index (χ3n) is 3.16. The second-order valence-electron chi connectivity index (χ2n) is 4.99. The molecule has 0 aromatic heterocycles. The minimum atomic E-state index is -1.36. The molecule has 0 bridgehead atoms. The van der Waals surface area contributed by atoms with Crippen LogP contribution in [0.25, 0.3) is 0 Å². The Labute approximate surface area is 149 Å². The smallest absolute Gasteiger partial charge is 0.258 e. The van der Waals surface area contributed by atoms with Gasteiger partial charge in [0.2, 0.25) is 0 Å². The van der Waals surface area contributed by atoms with Crippen LogP contribution >= 0.6 is 23.2 Å². The average Bonchev–Trinajstić information content (AvgIpc) is 2.54. The van der Waals surface area contributed by atoms with Gasteiger partial charge in [-0.1, -0.05) is 53.5 Å². The third kappa shape index (κ3) is 5.44. The lowest BCUT2D eigenvalue weighted by Crippen LogP contribution is -2.50. The largest absolute Gasteiger partial charge is 0.548 e. The number of carbonyl (C=O) groups is 2. The molecule has 0 saturated carbocycles. The van der Waals surface area contributed by atoms with Gasteiger partial charge in [0, 0.05) is 5.02 Å². The molecule has 126 valence electrons. The highest BCUT2D eigenvalue weighted by Gasteiger charge is 2.15.